The summed E-state index contributed by atoms with van der Waals surface area (Å²) in [7, 11) is 0. The summed E-state index contributed by atoms with van der Waals surface area (Å²) < 4.78 is 5.77. The van der Waals surface area contributed by atoms with Crippen molar-refractivity contribution in [2.75, 3.05) is 24.6 Å². The molecule has 7 heteroatoms. The normalized spacial score (nSPS) is 20.2. The Bertz CT molecular complexity index is 405. The maximum absolute atomic E-state index is 6.00. The van der Waals surface area contributed by atoms with E-state index in [2.05, 4.69) is 27.0 Å². The molecule has 0 aliphatic carbocycles. The minimum atomic E-state index is 0.117. The third-order valence-electron chi connectivity index (χ3n) is 2.84. The molecule has 100 valence electrons. The number of piperidine rings is 1. The molecule has 2 rings (SSSR count). The zero-order chi connectivity index (χ0) is 13.0. The van der Waals surface area contributed by atoms with E-state index in [0.717, 1.165) is 39.0 Å². The van der Waals surface area contributed by atoms with Crippen molar-refractivity contribution in [3.63, 3.8) is 0 Å². The molecule has 0 aromatic carbocycles. The number of nitrogens with zero attached hydrogens (tertiary/aromatic N) is 4. The van der Waals surface area contributed by atoms with E-state index in [1.54, 1.807) is 0 Å². The minimum absolute atomic E-state index is 0.117. The van der Waals surface area contributed by atoms with E-state index in [1.165, 1.54) is 0 Å². The Morgan fingerprint density at radius 2 is 2.22 bits per heavy atom. The molecule has 2 heterocycles. The second kappa shape index (κ2) is 6.50. The van der Waals surface area contributed by atoms with E-state index in [4.69, 9.17) is 27.9 Å². The van der Waals surface area contributed by atoms with Crippen LogP contribution in [-0.2, 0) is 4.74 Å². The summed E-state index contributed by atoms with van der Waals surface area (Å²) in [5, 5.41) is 7.80. The zero-order valence-corrected chi connectivity index (χ0v) is 11.8. The van der Waals surface area contributed by atoms with Gasteiger partial charge in [0.2, 0.25) is 5.28 Å². The quantitative estimate of drug-likeness (QED) is 0.853. The molecule has 0 bridgehead atoms. The molecule has 1 unspecified atom stereocenters. The van der Waals surface area contributed by atoms with Gasteiger partial charge in [0.25, 0.3) is 0 Å². The lowest BCUT2D eigenvalue weighted by Crippen LogP contribution is -2.40. The third kappa shape index (κ3) is 3.43. The molecule has 18 heavy (non-hydrogen) atoms. The summed E-state index contributed by atoms with van der Waals surface area (Å²) >= 11 is 11.8. The minimum Gasteiger partial charge on any atom is -0.376 e. The van der Waals surface area contributed by atoms with Gasteiger partial charge >= 0.3 is 0 Å². The SMILES string of the molecule is CCCOC1CCCN(c2nc(Cl)nnc2Cl)C1. The Morgan fingerprint density at radius 1 is 1.39 bits per heavy atom. The summed E-state index contributed by atoms with van der Waals surface area (Å²) in [5.74, 6) is 0.599. The van der Waals surface area contributed by atoms with Crippen LogP contribution in [0, 0.1) is 0 Å². The van der Waals surface area contributed by atoms with E-state index in [0.29, 0.717) is 5.82 Å². The van der Waals surface area contributed by atoms with Crippen molar-refractivity contribution in [3.05, 3.63) is 10.4 Å². The maximum atomic E-state index is 6.00. The van der Waals surface area contributed by atoms with Gasteiger partial charge in [-0.3, -0.25) is 0 Å². The standard InChI is InChI=1S/C11H16Cl2N4O/c1-2-6-18-8-4-3-5-17(7-8)10-9(12)15-16-11(13)14-10/h8H,2-7H2,1H3. The van der Waals surface area contributed by atoms with Gasteiger partial charge in [0.05, 0.1) is 6.10 Å². The van der Waals surface area contributed by atoms with Crippen LogP contribution in [0.1, 0.15) is 26.2 Å². The lowest BCUT2D eigenvalue weighted by atomic mass is 10.1. The first-order valence-corrected chi connectivity index (χ1v) is 6.88. The van der Waals surface area contributed by atoms with Crippen molar-refractivity contribution in [2.45, 2.75) is 32.3 Å². The highest BCUT2D eigenvalue weighted by Gasteiger charge is 2.23. The van der Waals surface area contributed by atoms with Crippen molar-refractivity contribution in [1.29, 1.82) is 0 Å². The summed E-state index contributed by atoms with van der Waals surface area (Å²) in [4.78, 5) is 6.20. The van der Waals surface area contributed by atoms with Crippen LogP contribution in [0.5, 0.6) is 0 Å². The average molecular weight is 291 g/mol. The largest absolute Gasteiger partial charge is 0.376 e. The number of halogens is 2. The van der Waals surface area contributed by atoms with Gasteiger partial charge in [-0.2, -0.15) is 4.98 Å². The summed E-state index contributed by atoms with van der Waals surface area (Å²) in [6.45, 7) is 4.55. The number of hydrogen-bond donors (Lipinski definition) is 0. The lowest BCUT2D eigenvalue weighted by Gasteiger charge is -2.33. The zero-order valence-electron chi connectivity index (χ0n) is 10.3. The van der Waals surface area contributed by atoms with Crippen LogP contribution in [0.15, 0.2) is 0 Å². The summed E-state index contributed by atoms with van der Waals surface area (Å²) in [5.41, 5.74) is 0. The molecule has 1 fully saturated rings. The number of ether oxygens (including phenoxy) is 1. The molecule has 1 saturated heterocycles. The van der Waals surface area contributed by atoms with E-state index < -0.39 is 0 Å². The summed E-state index contributed by atoms with van der Waals surface area (Å²) in [6, 6.07) is 0. The van der Waals surface area contributed by atoms with Crippen molar-refractivity contribution >= 4 is 29.0 Å². The van der Waals surface area contributed by atoms with E-state index in [1.807, 2.05) is 0 Å². The predicted molar refractivity (Wildman–Crippen MR) is 71.3 cm³/mol. The van der Waals surface area contributed by atoms with Crippen molar-refractivity contribution in [3.8, 4) is 0 Å². The van der Waals surface area contributed by atoms with Gasteiger partial charge < -0.3 is 9.64 Å². The van der Waals surface area contributed by atoms with Gasteiger partial charge in [-0.15, -0.1) is 10.2 Å². The van der Waals surface area contributed by atoms with Gasteiger partial charge in [-0.25, -0.2) is 0 Å². The molecular formula is C11H16Cl2N4O. The van der Waals surface area contributed by atoms with Gasteiger partial charge in [0.1, 0.15) is 0 Å². The molecule has 1 aromatic rings. The van der Waals surface area contributed by atoms with Crippen molar-refractivity contribution < 1.29 is 4.74 Å². The first kappa shape index (κ1) is 13.8. The Balaban J connectivity index is 2.05. The monoisotopic (exact) mass is 290 g/mol. The predicted octanol–water partition coefficient (Wildman–Crippen LogP) is 2.57. The lowest BCUT2D eigenvalue weighted by molar-refractivity contribution is 0.0439. The molecule has 0 N–H and O–H groups in total. The first-order valence-electron chi connectivity index (χ1n) is 6.13. The van der Waals surface area contributed by atoms with Crippen LogP contribution in [0.25, 0.3) is 0 Å². The molecule has 0 radical (unpaired) electrons. The molecule has 1 atom stereocenters. The average Bonchev–Trinajstić information content (AvgIpc) is 2.39. The molecule has 5 nitrogen and oxygen atoms in total. The Hall–Kier alpha value is -0.650. The molecule has 0 amide bonds. The molecule has 1 aliphatic heterocycles. The van der Waals surface area contributed by atoms with Crippen molar-refractivity contribution in [2.24, 2.45) is 0 Å². The second-order valence-corrected chi connectivity index (χ2v) is 4.97. The highest BCUT2D eigenvalue weighted by Crippen LogP contribution is 2.25. The van der Waals surface area contributed by atoms with Crippen LogP contribution < -0.4 is 4.90 Å². The maximum Gasteiger partial charge on any atom is 0.245 e. The molecule has 0 spiro atoms. The molecule has 1 aromatic heterocycles. The van der Waals surface area contributed by atoms with Crippen LogP contribution >= 0.6 is 23.2 Å². The topological polar surface area (TPSA) is 51.1 Å². The Kier molecular flexibility index (Phi) is 4.97. The second-order valence-electron chi connectivity index (χ2n) is 4.28. The van der Waals surface area contributed by atoms with Crippen molar-refractivity contribution in [1.82, 2.24) is 15.2 Å². The fourth-order valence-corrected chi connectivity index (χ4v) is 2.36. The number of rotatable bonds is 4. The summed E-state index contributed by atoms with van der Waals surface area (Å²) in [6.07, 6.45) is 3.37. The van der Waals surface area contributed by atoms with Gasteiger partial charge in [0, 0.05) is 19.7 Å². The third-order valence-corrected chi connectivity index (χ3v) is 3.24. The van der Waals surface area contributed by atoms with Crippen LogP contribution in [0.2, 0.25) is 10.4 Å². The van der Waals surface area contributed by atoms with Crippen LogP contribution in [0.4, 0.5) is 5.82 Å². The smallest absolute Gasteiger partial charge is 0.245 e. The number of hydrogen-bond acceptors (Lipinski definition) is 5. The van der Waals surface area contributed by atoms with E-state index in [9.17, 15) is 0 Å². The Morgan fingerprint density at radius 3 is 3.00 bits per heavy atom. The number of anilines is 1. The highest BCUT2D eigenvalue weighted by molar-refractivity contribution is 6.32. The molecule has 1 aliphatic rings. The number of aromatic nitrogens is 3. The van der Waals surface area contributed by atoms with Crippen LogP contribution in [-0.4, -0.2) is 41.0 Å². The highest BCUT2D eigenvalue weighted by atomic mass is 35.5. The first-order chi connectivity index (χ1) is 8.70. The van der Waals surface area contributed by atoms with Gasteiger partial charge in [-0.05, 0) is 30.9 Å². The fourth-order valence-electron chi connectivity index (χ4n) is 2.04. The molecule has 0 saturated carbocycles. The van der Waals surface area contributed by atoms with E-state index >= 15 is 0 Å². The van der Waals surface area contributed by atoms with Crippen LogP contribution in [0.3, 0.4) is 0 Å². The van der Waals surface area contributed by atoms with Gasteiger partial charge in [0.15, 0.2) is 11.0 Å². The Labute approximate surface area is 116 Å². The molecular weight excluding hydrogens is 275 g/mol. The van der Waals surface area contributed by atoms with Gasteiger partial charge in [-0.1, -0.05) is 18.5 Å². The fraction of sp³-hybridized carbons (Fsp3) is 0.727. The van der Waals surface area contributed by atoms with E-state index in [-0.39, 0.29) is 16.5 Å².